The van der Waals surface area contributed by atoms with Crippen molar-refractivity contribution in [2.45, 2.75) is 25.6 Å². The highest BCUT2D eigenvalue weighted by Crippen LogP contribution is 2.35. The Bertz CT molecular complexity index is 448. The van der Waals surface area contributed by atoms with Gasteiger partial charge in [-0.05, 0) is 36.6 Å². The summed E-state index contributed by atoms with van der Waals surface area (Å²) >= 11 is 3.37. The topological polar surface area (TPSA) is 29.3 Å². The summed E-state index contributed by atoms with van der Waals surface area (Å²) in [5.41, 5.74) is 7.32. The first-order chi connectivity index (χ1) is 8.90. The highest BCUT2D eigenvalue weighted by molar-refractivity contribution is 9.10. The SMILES string of the molecule is NCc1cc(Br)cc(N2CCCC(C(F)(F)F)C2)c1. The van der Waals surface area contributed by atoms with Crippen molar-refractivity contribution < 1.29 is 13.2 Å². The third-order valence-corrected chi connectivity index (χ3v) is 3.89. The maximum atomic E-state index is 12.8. The minimum Gasteiger partial charge on any atom is -0.371 e. The van der Waals surface area contributed by atoms with Gasteiger partial charge in [0.05, 0.1) is 5.92 Å². The molecule has 19 heavy (non-hydrogen) atoms. The summed E-state index contributed by atoms with van der Waals surface area (Å²) < 4.78 is 39.2. The van der Waals surface area contributed by atoms with Crippen molar-refractivity contribution in [1.82, 2.24) is 0 Å². The van der Waals surface area contributed by atoms with Crippen LogP contribution in [0, 0.1) is 5.92 Å². The molecule has 0 aliphatic carbocycles. The van der Waals surface area contributed by atoms with Crippen molar-refractivity contribution in [3.63, 3.8) is 0 Å². The Morgan fingerprint density at radius 1 is 1.32 bits per heavy atom. The van der Waals surface area contributed by atoms with E-state index in [4.69, 9.17) is 5.73 Å². The van der Waals surface area contributed by atoms with E-state index in [-0.39, 0.29) is 13.0 Å². The van der Waals surface area contributed by atoms with Gasteiger partial charge in [-0.1, -0.05) is 15.9 Å². The maximum absolute atomic E-state index is 12.8. The normalized spacial score (nSPS) is 20.7. The van der Waals surface area contributed by atoms with Gasteiger partial charge in [-0.3, -0.25) is 0 Å². The summed E-state index contributed by atoms with van der Waals surface area (Å²) in [6.07, 6.45) is -3.33. The van der Waals surface area contributed by atoms with E-state index in [1.165, 1.54) is 0 Å². The quantitative estimate of drug-likeness (QED) is 0.892. The highest BCUT2D eigenvalue weighted by Gasteiger charge is 2.41. The number of alkyl halides is 3. The molecule has 1 aromatic rings. The van der Waals surface area contributed by atoms with E-state index in [1.54, 1.807) is 4.90 Å². The summed E-state index contributed by atoms with van der Waals surface area (Å²) in [4.78, 5) is 1.80. The van der Waals surface area contributed by atoms with Crippen LogP contribution in [0.4, 0.5) is 18.9 Å². The van der Waals surface area contributed by atoms with Gasteiger partial charge < -0.3 is 10.6 Å². The summed E-state index contributed by atoms with van der Waals surface area (Å²) in [5.74, 6) is -1.23. The molecule has 0 aromatic heterocycles. The van der Waals surface area contributed by atoms with E-state index in [2.05, 4.69) is 15.9 Å². The third kappa shape index (κ3) is 3.63. The van der Waals surface area contributed by atoms with E-state index < -0.39 is 12.1 Å². The number of halogens is 4. The van der Waals surface area contributed by atoms with E-state index in [1.807, 2.05) is 18.2 Å². The minimum atomic E-state index is -4.11. The van der Waals surface area contributed by atoms with Crippen molar-refractivity contribution >= 4 is 21.6 Å². The molecule has 1 fully saturated rings. The fourth-order valence-corrected chi connectivity index (χ4v) is 2.94. The van der Waals surface area contributed by atoms with E-state index in [0.29, 0.717) is 19.5 Å². The van der Waals surface area contributed by atoms with Crippen molar-refractivity contribution in [2.24, 2.45) is 11.7 Å². The molecule has 2 N–H and O–H groups in total. The fourth-order valence-electron chi connectivity index (χ4n) is 2.41. The monoisotopic (exact) mass is 336 g/mol. The van der Waals surface area contributed by atoms with Crippen LogP contribution in [0.15, 0.2) is 22.7 Å². The molecule has 0 bridgehead atoms. The molecule has 0 spiro atoms. The van der Waals surface area contributed by atoms with Crippen LogP contribution in [-0.4, -0.2) is 19.3 Å². The predicted octanol–water partition coefficient (Wildman–Crippen LogP) is 3.69. The molecular formula is C13H16BrF3N2. The largest absolute Gasteiger partial charge is 0.393 e. The average Bonchev–Trinajstić information content (AvgIpc) is 2.37. The number of piperidine rings is 1. The first-order valence-electron chi connectivity index (χ1n) is 6.21. The van der Waals surface area contributed by atoms with Crippen molar-refractivity contribution in [3.8, 4) is 0 Å². The molecule has 106 valence electrons. The number of rotatable bonds is 2. The first kappa shape index (κ1) is 14.7. The molecule has 1 unspecified atom stereocenters. The fraction of sp³-hybridized carbons (Fsp3) is 0.538. The molecule has 6 heteroatoms. The molecule has 1 aromatic carbocycles. The van der Waals surface area contributed by atoms with Gasteiger partial charge in [-0.2, -0.15) is 13.2 Å². The molecule has 1 atom stereocenters. The standard InChI is InChI=1S/C13H16BrF3N2/c14-11-4-9(7-18)5-12(6-11)19-3-1-2-10(8-19)13(15,16)17/h4-6,10H,1-3,7-8,18H2. The summed E-state index contributed by atoms with van der Waals surface area (Å²) in [5, 5.41) is 0. The van der Waals surface area contributed by atoms with Crippen LogP contribution in [0.25, 0.3) is 0 Å². The van der Waals surface area contributed by atoms with Crippen LogP contribution in [0.5, 0.6) is 0 Å². The van der Waals surface area contributed by atoms with Crippen LogP contribution in [0.3, 0.4) is 0 Å². The number of hydrogen-bond acceptors (Lipinski definition) is 2. The van der Waals surface area contributed by atoms with Crippen LogP contribution in [-0.2, 0) is 6.54 Å². The molecule has 2 rings (SSSR count). The third-order valence-electron chi connectivity index (χ3n) is 3.43. The molecule has 0 radical (unpaired) electrons. The number of benzene rings is 1. The second-order valence-corrected chi connectivity index (χ2v) is 5.76. The Morgan fingerprint density at radius 2 is 2.05 bits per heavy atom. The molecule has 1 aliphatic rings. The Balaban J connectivity index is 2.19. The predicted molar refractivity (Wildman–Crippen MR) is 73.0 cm³/mol. The number of anilines is 1. The van der Waals surface area contributed by atoms with Crippen LogP contribution >= 0.6 is 15.9 Å². The van der Waals surface area contributed by atoms with Crippen molar-refractivity contribution in [3.05, 3.63) is 28.2 Å². The van der Waals surface area contributed by atoms with E-state index >= 15 is 0 Å². The first-order valence-corrected chi connectivity index (χ1v) is 7.00. The Labute approximate surface area is 118 Å². The zero-order chi connectivity index (χ0) is 14.0. The lowest BCUT2D eigenvalue weighted by atomic mass is 9.97. The lowest BCUT2D eigenvalue weighted by Gasteiger charge is -2.35. The van der Waals surface area contributed by atoms with Gasteiger partial charge in [-0.15, -0.1) is 0 Å². The maximum Gasteiger partial charge on any atom is 0.393 e. The van der Waals surface area contributed by atoms with E-state index in [0.717, 1.165) is 15.7 Å². The number of nitrogens with two attached hydrogens (primary N) is 1. The Kier molecular flexibility index (Phi) is 4.40. The molecule has 1 heterocycles. The smallest absolute Gasteiger partial charge is 0.371 e. The summed E-state index contributed by atoms with van der Waals surface area (Å²) in [6.45, 7) is 1.07. The van der Waals surface area contributed by atoms with Gasteiger partial charge in [0, 0.05) is 29.8 Å². The molecule has 1 aliphatic heterocycles. The molecule has 2 nitrogen and oxygen atoms in total. The van der Waals surface area contributed by atoms with Crippen LogP contribution in [0.2, 0.25) is 0 Å². The minimum absolute atomic E-state index is 0.0317. The number of nitrogens with zero attached hydrogens (tertiary/aromatic N) is 1. The molecule has 0 amide bonds. The molecule has 0 saturated carbocycles. The van der Waals surface area contributed by atoms with Crippen LogP contribution < -0.4 is 10.6 Å². The van der Waals surface area contributed by atoms with Gasteiger partial charge in [0.25, 0.3) is 0 Å². The lowest BCUT2D eigenvalue weighted by molar-refractivity contribution is -0.175. The van der Waals surface area contributed by atoms with Gasteiger partial charge in [0.15, 0.2) is 0 Å². The van der Waals surface area contributed by atoms with Crippen molar-refractivity contribution in [2.75, 3.05) is 18.0 Å². The zero-order valence-electron chi connectivity index (χ0n) is 10.4. The second-order valence-electron chi connectivity index (χ2n) is 4.85. The average molecular weight is 337 g/mol. The lowest BCUT2D eigenvalue weighted by Crippen LogP contribution is -2.41. The van der Waals surface area contributed by atoms with Gasteiger partial charge in [0.1, 0.15) is 0 Å². The van der Waals surface area contributed by atoms with Crippen molar-refractivity contribution in [1.29, 1.82) is 0 Å². The zero-order valence-corrected chi connectivity index (χ0v) is 12.0. The van der Waals surface area contributed by atoms with Gasteiger partial charge in [0.2, 0.25) is 0 Å². The highest BCUT2D eigenvalue weighted by atomic mass is 79.9. The van der Waals surface area contributed by atoms with E-state index in [9.17, 15) is 13.2 Å². The van der Waals surface area contributed by atoms with Gasteiger partial charge >= 0.3 is 6.18 Å². The summed E-state index contributed by atoms with van der Waals surface area (Å²) in [7, 11) is 0. The Hall–Kier alpha value is -0.750. The van der Waals surface area contributed by atoms with Crippen LogP contribution in [0.1, 0.15) is 18.4 Å². The number of hydrogen-bond donors (Lipinski definition) is 1. The molecular weight excluding hydrogens is 321 g/mol. The second kappa shape index (κ2) is 5.71. The summed E-state index contributed by atoms with van der Waals surface area (Å²) in [6, 6.07) is 5.59. The Morgan fingerprint density at radius 3 is 2.68 bits per heavy atom. The van der Waals surface area contributed by atoms with Gasteiger partial charge in [-0.25, -0.2) is 0 Å². The molecule has 1 saturated heterocycles.